The first-order valence-electron chi connectivity index (χ1n) is 5.63. The number of ether oxygens (including phenoxy) is 1. The first-order valence-corrected chi connectivity index (χ1v) is 6.42. The minimum Gasteiger partial charge on any atom is -0.436 e. The molecule has 0 atom stereocenters. The molecule has 0 spiro atoms. The second kappa shape index (κ2) is 5.91. The Bertz CT molecular complexity index is 548. The summed E-state index contributed by atoms with van der Waals surface area (Å²) in [5.74, 6) is 0.0739. The predicted molar refractivity (Wildman–Crippen MR) is 70.2 cm³/mol. The van der Waals surface area contributed by atoms with Gasteiger partial charge in [-0.2, -0.15) is 0 Å². The second-order valence-electron chi connectivity index (χ2n) is 3.77. The van der Waals surface area contributed by atoms with Crippen molar-refractivity contribution in [3.05, 3.63) is 46.6 Å². The van der Waals surface area contributed by atoms with Crippen LogP contribution in [0.5, 0.6) is 11.6 Å². The van der Waals surface area contributed by atoms with Crippen LogP contribution in [0.2, 0.25) is 0 Å². The Kier molecular flexibility index (Phi) is 4.25. The highest BCUT2D eigenvalue weighted by molar-refractivity contribution is 9.10. The van der Waals surface area contributed by atoms with E-state index < -0.39 is 5.82 Å². The van der Waals surface area contributed by atoms with Crippen molar-refractivity contribution < 1.29 is 9.13 Å². The number of rotatable bonds is 4. The van der Waals surface area contributed by atoms with Crippen molar-refractivity contribution in [2.75, 3.05) is 0 Å². The van der Waals surface area contributed by atoms with Crippen LogP contribution in [0.25, 0.3) is 0 Å². The van der Waals surface area contributed by atoms with Crippen LogP contribution in [-0.2, 0) is 6.42 Å². The van der Waals surface area contributed by atoms with E-state index >= 15 is 0 Å². The lowest BCUT2D eigenvalue weighted by Gasteiger charge is -2.07. The summed E-state index contributed by atoms with van der Waals surface area (Å²) in [6, 6.07) is 6.25. The number of aromatic nitrogens is 2. The molecule has 2 rings (SSSR count). The van der Waals surface area contributed by atoms with Crippen molar-refractivity contribution in [1.29, 1.82) is 0 Å². The van der Waals surface area contributed by atoms with Gasteiger partial charge in [0.15, 0.2) is 11.6 Å². The molecule has 0 radical (unpaired) electrons. The summed E-state index contributed by atoms with van der Waals surface area (Å²) in [6.07, 6.45) is 3.26. The van der Waals surface area contributed by atoms with Crippen LogP contribution in [-0.4, -0.2) is 9.97 Å². The van der Waals surface area contributed by atoms with Gasteiger partial charge in [0, 0.05) is 16.2 Å². The summed E-state index contributed by atoms with van der Waals surface area (Å²) in [7, 11) is 0. The largest absolute Gasteiger partial charge is 0.436 e. The van der Waals surface area contributed by atoms with E-state index in [0.29, 0.717) is 5.88 Å². The zero-order valence-electron chi connectivity index (χ0n) is 9.86. The van der Waals surface area contributed by atoms with E-state index in [0.717, 1.165) is 23.0 Å². The minimum absolute atomic E-state index is 0.144. The minimum atomic E-state index is -0.422. The van der Waals surface area contributed by atoms with Gasteiger partial charge in [0.2, 0.25) is 5.88 Å². The number of halogens is 2. The van der Waals surface area contributed by atoms with Crippen molar-refractivity contribution in [1.82, 2.24) is 9.97 Å². The molecule has 0 fully saturated rings. The Hall–Kier alpha value is -1.49. The highest BCUT2D eigenvalue weighted by Gasteiger charge is 2.07. The molecular formula is C13H12BrFN2O. The molecule has 0 unspecified atom stereocenters. The lowest BCUT2D eigenvalue weighted by Crippen LogP contribution is -1.95. The number of benzene rings is 1. The highest BCUT2D eigenvalue weighted by atomic mass is 79.9. The van der Waals surface area contributed by atoms with Gasteiger partial charge < -0.3 is 4.74 Å². The Labute approximate surface area is 113 Å². The van der Waals surface area contributed by atoms with E-state index in [1.165, 1.54) is 12.4 Å². The van der Waals surface area contributed by atoms with Crippen molar-refractivity contribution >= 4 is 15.9 Å². The lowest BCUT2D eigenvalue weighted by molar-refractivity contribution is 0.425. The SMILES string of the molecule is CCCc1cc(Oc2cc(Br)ccc2F)ncn1. The average Bonchev–Trinajstić information content (AvgIpc) is 2.35. The van der Waals surface area contributed by atoms with Gasteiger partial charge >= 0.3 is 0 Å². The molecule has 0 aliphatic rings. The van der Waals surface area contributed by atoms with Crippen molar-refractivity contribution in [2.45, 2.75) is 19.8 Å². The molecule has 0 bridgehead atoms. The van der Waals surface area contributed by atoms with Crippen LogP contribution < -0.4 is 4.74 Å². The number of hydrogen-bond acceptors (Lipinski definition) is 3. The summed E-state index contributed by atoms with van der Waals surface area (Å²) < 4.78 is 19.7. The second-order valence-corrected chi connectivity index (χ2v) is 4.69. The lowest BCUT2D eigenvalue weighted by atomic mass is 10.2. The molecule has 0 amide bonds. The zero-order valence-corrected chi connectivity index (χ0v) is 11.4. The molecular weight excluding hydrogens is 299 g/mol. The molecule has 0 saturated heterocycles. The van der Waals surface area contributed by atoms with Crippen LogP contribution in [0, 0.1) is 5.82 Å². The van der Waals surface area contributed by atoms with E-state index in [2.05, 4.69) is 32.8 Å². The normalized spacial score (nSPS) is 10.4. The van der Waals surface area contributed by atoms with E-state index in [4.69, 9.17) is 4.74 Å². The fourth-order valence-corrected chi connectivity index (χ4v) is 1.83. The van der Waals surface area contributed by atoms with Gasteiger partial charge in [-0.15, -0.1) is 0 Å². The summed E-state index contributed by atoms with van der Waals surface area (Å²) in [4.78, 5) is 8.09. The van der Waals surface area contributed by atoms with Crippen LogP contribution in [0.1, 0.15) is 19.0 Å². The first-order chi connectivity index (χ1) is 8.69. The van der Waals surface area contributed by atoms with Gasteiger partial charge in [0.05, 0.1) is 0 Å². The maximum Gasteiger partial charge on any atom is 0.222 e. The van der Waals surface area contributed by atoms with Gasteiger partial charge in [-0.3, -0.25) is 0 Å². The molecule has 18 heavy (non-hydrogen) atoms. The molecule has 1 aromatic carbocycles. The third-order valence-electron chi connectivity index (χ3n) is 2.31. The summed E-state index contributed by atoms with van der Waals surface area (Å²) >= 11 is 3.27. The molecule has 0 aliphatic heterocycles. The summed E-state index contributed by atoms with van der Waals surface area (Å²) in [6.45, 7) is 2.07. The molecule has 1 aromatic heterocycles. The first kappa shape index (κ1) is 13.0. The number of aryl methyl sites for hydroxylation is 1. The maximum absolute atomic E-state index is 13.5. The Morgan fingerprint density at radius 2 is 2.11 bits per heavy atom. The van der Waals surface area contributed by atoms with E-state index in [9.17, 15) is 4.39 Å². The summed E-state index contributed by atoms with van der Waals surface area (Å²) in [5, 5.41) is 0. The highest BCUT2D eigenvalue weighted by Crippen LogP contribution is 2.26. The van der Waals surface area contributed by atoms with Crippen LogP contribution in [0.15, 0.2) is 35.1 Å². The smallest absolute Gasteiger partial charge is 0.222 e. The van der Waals surface area contributed by atoms with Crippen LogP contribution >= 0.6 is 15.9 Å². The van der Waals surface area contributed by atoms with E-state index in [-0.39, 0.29) is 5.75 Å². The van der Waals surface area contributed by atoms with Gasteiger partial charge in [0.1, 0.15) is 6.33 Å². The van der Waals surface area contributed by atoms with Gasteiger partial charge in [-0.1, -0.05) is 29.3 Å². The van der Waals surface area contributed by atoms with Gasteiger partial charge in [0.25, 0.3) is 0 Å². The molecule has 94 valence electrons. The van der Waals surface area contributed by atoms with Crippen LogP contribution in [0.3, 0.4) is 0 Å². The fraction of sp³-hybridized carbons (Fsp3) is 0.231. The Balaban J connectivity index is 2.22. The van der Waals surface area contributed by atoms with E-state index in [1.54, 1.807) is 18.2 Å². The molecule has 3 nitrogen and oxygen atoms in total. The van der Waals surface area contributed by atoms with Gasteiger partial charge in [-0.25, -0.2) is 14.4 Å². The molecule has 1 heterocycles. The molecule has 2 aromatic rings. The molecule has 0 aliphatic carbocycles. The Morgan fingerprint density at radius 1 is 1.28 bits per heavy atom. The van der Waals surface area contributed by atoms with Crippen molar-refractivity contribution in [2.24, 2.45) is 0 Å². The van der Waals surface area contributed by atoms with Crippen molar-refractivity contribution in [3.8, 4) is 11.6 Å². The third kappa shape index (κ3) is 3.26. The molecule has 0 saturated carbocycles. The van der Waals surface area contributed by atoms with Crippen LogP contribution in [0.4, 0.5) is 4.39 Å². The predicted octanol–water partition coefficient (Wildman–Crippen LogP) is 4.12. The monoisotopic (exact) mass is 310 g/mol. The molecule has 5 heteroatoms. The van der Waals surface area contributed by atoms with Crippen molar-refractivity contribution in [3.63, 3.8) is 0 Å². The fourth-order valence-electron chi connectivity index (χ4n) is 1.49. The molecule has 0 N–H and O–H groups in total. The van der Waals surface area contributed by atoms with E-state index in [1.807, 2.05) is 0 Å². The number of nitrogens with zero attached hydrogens (tertiary/aromatic N) is 2. The summed E-state index contributed by atoms with van der Waals surface area (Å²) in [5.41, 5.74) is 0.887. The topological polar surface area (TPSA) is 35.0 Å². The average molecular weight is 311 g/mol. The third-order valence-corrected chi connectivity index (χ3v) is 2.81. The Morgan fingerprint density at radius 3 is 2.89 bits per heavy atom. The maximum atomic E-state index is 13.5. The van der Waals surface area contributed by atoms with Gasteiger partial charge in [-0.05, 0) is 24.6 Å². The quantitative estimate of drug-likeness (QED) is 0.852. The standard InChI is InChI=1S/C13H12BrFN2O/c1-2-3-10-7-13(17-8-16-10)18-12-6-9(14)4-5-11(12)15/h4-8H,2-3H2,1H3. The zero-order chi connectivity index (χ0) is 13.0. The number of hydrogen-bond donors (Lipinski definition) is 0.